The molecular formula is C22H5F31O3. The summed E-state index contributed by atoms with van der Waals surface area (Å²) in [7, 11) is 0. The highest BCUT2D eigenvalue weighted by Gasteiger charge is 3.01. The van der Waals surface area contributed by atoms with E-state index in [9.17, 15) is 146 Å². The van der Waals surface area contributed by atoms with Crippen molar-refractivity contribution in [1.29, 1.82) is 0 Å². The van der Waals surface area contributed by atoms with Crippen LogP contribution >= 0.6 is 0 Å². The minimum absolute atomic E-state index is 0.120. The fourth-order valence-electron chi connectivity index (χ4n) is 3.74. The Hall–Kier alpha value is -3.68. The molecule has 56 heavy (non-hydrogen) atoms. The van der Waals surface area contributed by atoms with Crippen LogP contribution < -0.4 is 0 Å². The minimum atomic E-state index is -10.2. The van der Waals surface area contributed by atoms with E-state index in [2.05, 4.69) is 0 Å². The van der Waals surface area contributed by atoms with Crippen molar-refractivity contribution < 1.29 is 151 Å². The first-order valence-corrected chi connectivity index (χ1v) is 12.3. The van der Waals surface area contributed by atoms with Crippen LogP contribution in [0.25, 0.3) is 0 Å². The molecule has 0 spiro atoms. The number of carbonyl (C=O) groups is 1. The normalized spacial score (nSPS) is 16.3. The second-order valence-corrected chi connectivity index (χ2v) is 10.5. The molecule has 0 amide bonds. The molecule has 0 atom stereocenters. The van der Waals surface area contributed by atoms with Gasteiger partial charge >= 0.3 is 95.1 Å². The average Bonchev–Trinajstić information content (AvgIpc) is 2.98. The van der Waals surface area contributed by atoms with Crippen LogP contribution in [-0.2, 0) is 5.92 Å². The minimum Gasteiger partial charge on any atom is -0.507 e. The zero-order chi connectivity index (χ0) is 45.9. The van der Waals surface area contributed by atoms with E-state index in [0.717, 1.165) is 0 Å². The van der Waals surface area contributed by atoms with Crippen LogP contribution in [0.4, 0.5) is 136 Å². The fourth-order valence-corrected chi connectivity index (χ4v) is 3.74. The molecule has 328 valence electrons. The van der Waals surface area contributed by atoms with Gasteiger partial charge in [0.2, 0.25) is 0 Å². The van der Waals surface area contributed by atoms with Gasteiger partial charge in [0.25, 0.3) is 0 Å². The van der Waals surface area contributed by atoms with Gasteiger partial charge in [-0.15, -0.1) is 0 Å². The zero-order valence-electron chi connectivity index (χ0n) is 24.3. The van der Waals surface area contributed by atoms with E-state index in [4.69, 9.17) is 5.11 Å². The van der Waals surface area contributed by atoms with Crippen LogP contribution in [0.3, 0.4) is 0 Å². The lowest BCUT2D eigenvalue weighted by Gasteiger charge is -2.46. The number of hydrogen-bond acceptors (Lipinski definition) is 2. The summed E-state index contributed by atoms with van der Waals surface area (Å²) in [5.41, 5.74) is -6.18. The van der Waals surface area contributed by atoms with Gasteiger partial charge in [0.05, 0.1) is 0 Å². The number of aromatic hydroxyl groups is 1. The zero-order valence-corrected chi connectivity index (χ0v) is 24.3. The SMILES string of the molecule is O=C(O)c1c(O)cccc1C(F)(F)C(F)(F)C(F)(F)C(F)(F)C(F)(F)C(F)(F)C(F)(F)C(F)(F)C(F)(F)C(F)(F)C(F)(F)C(F)(F)C(F)(F)C(F)(F)C(F)(F)F. The van der Waals surface area contributed by atoms with Crippen molar-refractivity contribution in [1.82, 2.24) is 0 Å². The number of carboxylic acid groups (broad SMARTS) is 1. The van der Waals surface area contributed by atoms with Crippen molar-refractivity contribution in [3.8, 4) is 5.75 Å². The maximum atomic E-state index is 14.5. The topological polar surface area (TPSA) is 57.5 Å². The maximum absolute atomic E-state index is 14.5. The molecular weight excluding hydrogens is 901 g/mol. The van der Waals surface area contributed by atoms with Gasteiger partial charge in [-0.05, 0) is 6.07 Å². The Morgan fingerprint density at radius 3 is 0.786 bits per heavy atom. The highest BCUT2D eigenvalue weighted by atomic mass is 19.4. The number of alkyl halides is 31. The summed E-state index contributed by atoms with van der Waals surface area (Å²) in [5.74, 6) is -139. The van der Waals surface area contributed by atoms with Gasteiger partial charge in [0.1, 0.15) is 11.3 Å². The molecule has 0 bridgehead atoms. The second kappa shape index (κ2) is 12.7. The van der Waals surface area contributed by atoms with Crippen molar-refractivity contribution >= 4 is 5.97 Å². The average molecular weight is 906 g/mol. The number of carboxylic acids is 1. The summed E-state index contributed by atoms with van der Waals surface area (Å²) in [6.07, 6.45) is -8.38. The third-order valence-electron chi connectivity index (χ3n) is 7.08. The van der Waals surface area contributed by atoms with E-state index in [-0.39, 0.29) is 12.1 Å². The van der Waals surface area contributed by atoms with Crippen LogP contribution in [0.2, 0.25) is 0 Å². The molecule has 0 aromatic heterocycles. The summed E-state index contributed by atoms with van der Waals surface area (Å²) < 4.78 is 425. The first-order chi connectivity index (χ1) is 23.8. The van der Waals surface area contributed by atoms with E-state index in [0.29, 0.717) is 0 Å². The van der Waals surface area contributed by atoms with Crippen molar-refractivity contribution in [3.63, 3.8) is 0 Å². The van der Waals surface area contributed by atoms with Crippen LogP contribution in [0.1, 0.15) is 15.9 Å². The fraction of sp³-hybridized carbons (Fsp3) is 0.682. The number of rotatable bonds is 15. The summed E-state index contributed by atoms with van der Waals surface area (Å²) in [4.78, 5) is 11.0. The molecule has 0 unspecified atom stereocenters. The molecule has 1 aromatic carbocycles. The highest BCUT2D eigenvalue weighted by molar-refractivity contribution is 5.93. The third-order valence-corrected chi connectivity index (χ3v) is 7.08. The molecule has 0 heterocycles. The molecule has 1 aromatic rings. The predicted molar refractivity (Wildman–Crippen MR) is 109 cm³/mol. The number of benzene rings is 1. The van der Waals surface area contributed by atoms with Gasteiger partial charge < -0.3 is 10.2 Å². The Bertz CT molecular complexity index is 1650. The molecule has 2 N–H and O–H groups in total. The van der Waals surface area contributed by atoms with Crippen molar-refractivity contribution in [3.05, 3.63) is 29.3 Å². The highest BCUT2D eigenvalue weighted by Crippen LogP contribution is 2.70. The van der Waals surface area contributed by atoms with Crippen LogP contribution in [0.5, 0.6) is 5.75 Å². The van der Waals surface area contributed by atoms with Gasteiger partial charge in [0, 0.05) is 5.56 Å². The molecule has 34 heteroatoms. The van der Waals surface area contributed by atoms with E-state index >= 15 is 0 Å². The monoisotopic (exact) mass is 906 g/mol. The Kier molecular flexibility index (Phi) is 11.4. The summed E-state index contributed by atoms with van der Waals surface area (Å²) in [6.45, 7) is 0. The smallest absolute Gasteiger partial charge is 0.460 e. The van der Waals surface area contributed by atoms with Gasteiger partial charge in [-0.25, -0.2) is 4.79 Å². The molecule has 0 radical (unpaired) electrons. The van der Waals surface area contributed by atoms with Crippen LogP contribution in [0.15, 0.2) is 18.2 Å². The van der Waals surface area contributed by atoms with E-state index < -0.39 is 118 Å². The summed E-state index contributed by atoms with van der Waals surface area (Å²) in [5, 5.41) is 17.9. The first-order valence-electron chi connectivity index (χ1n) is 12.3. The first kappa shape index (κ1) is 50.3. The molecule has 0 aliphatic rings. The Labute approximate surface area is 282 Å². The number of phenols is 1. The molecule has 3 nitrogen and oxygen atoms in total. The molecule has 1 rings (SSSR count). The molecule has 0 aliphatic carbocycles. The standard InChI is InChI=1S/C22H5F31O3/c23-8(24,4-2-1-3-5(54)6(4)7(55)56)9(25,26)10(27,28)11(29,30)12(31,32)13(33,34)14(35,36)15(37,38)16(39,40)17(41,42)18(43,44)19(45,46)20(47,48)21(49,50)22(51,52)53/h1-3,54H,(H,55,56). The number of hydrogen-bond donors (Lipinski definition) is 2. The molecule has 0 fully saturated rings. The van der Waals surface area contributed by atoms with Crippen molar-refractivity contribution in [2.24, 2.45) is 0 Å². The van der Waals surface area contributed by atoms with E-state index in [1.165, 1.54) is 0 Å². The van der Waals surface area contributed by atoms with Crippen molar-refractivity contribution in [2.45, 2.75) is 89.1 Å². The molecule has 0 saturated heterocycles. The maximum Gasteiger partial charge on any atom is 0.460 e. The summed E-state index contributed by atoms with van der Waals surface area (Å²) in [6, 6.07) is -1.28. The molecule has 0 aliphatic heterocycles. The third kappa shape index (κ3) is 5.72. The predicted octanol–water partition coefficient (Wildman–Crippen LogP) is 11.0. The Morgan fingerprint density at radius 1 is 0.357 bits per heavy atom. The van der Waals surface area contributed by atoms with Gasteiger partial charge in [-0.2, -0.15) is 136 Å². The van der Waals surface area contributed by atoms with Gasteiger partial charge in [-0.3, -0.25) is 0 Å². The lowest BCUT2D eigenvalue weighted by molar-refractivity contribution is -0.489. The second-order valence-electron chi connectivity index (χ2n) is 10.5. The van der Waals surface area contributed by atoms with Gasteiger partial charge in [-0.1, -0.05) is 12.1 Å². The van der Waals surface area contributed by atoms with Crippen LogP contribution in [0, 0.1) is 0 Å². The van der Waals surface area contributed by atoms with E-state index in [1.54, 1.807) is 0 Å². The lowest BCUT2D eigenvalue weighted by Crippen LogP contribution is -2.79. The van der Waals surface area contributed by atoms with Gasteiger partial charge in [0.15, 0.2) is 0 Å². The summed E-state index contributed by atoms with van der Waals surface area (Å²) >= 11 is 0. The number of halogens is 31. The van der Waals surface area contributed by atoms with Crippen LogP contribution in [-0.4, -0.2) is 99.4 Å². The Morgan fingerprint density at radius 2 is 0.571 bits per heavy atom. The Balaban J connectivity index is 4.10. The molecule has 0 saturated carbocycles. The quantitative estimate of drug-likeness (QED) is 0.172. The number of aromatic carboxylic acids is 1. The largest absolute Gasteiger partial charge is 0.507 e. The lowest BCUT2D eigenvalue weighted by atomic mass is 9.82. The van der Waals surface area contributed by atoms with Crippen molar-refractivity contribution in [2.75, 3.05) is 0 Å². The van der Waals surface area contributed by atoms with E-state index in [1.807, 2.05) is 0 Å².